The van der Waals surface area contributed by atoms with Gasteiger partial charge < -0.3 is 80.4 Å². The molecule has 1 fully saturated rings. The van der Waals surface area contributed by atoms with Crippen LogP contribution in [0.5, 0.6) is 5.75 Å². The van der Waals surface area contributed by atoms with Crippen molar-refractivity contribution >= 4 is 75.7 Å². The van der Waals surface area contributed by atoms with Gasteiger partial charge in [-0.15, -0.1) is 0 Å². The number of primary amides is 1. The van der Waals surface area contributed by atoms with Crippen molar-refractivity contribution in [2.24, 2.45) is 34.8 Å². The Morgan fingerprint density at radius 2 is 1.34 bits per heavy atom. The number of hydrogen-bond acceptors (Lipinski definition) is 16. The number of aromatic nitrogens is 2. The minimum atomic E-state index is -1.38. The minimum absolute atomic E-state index is 0.0271. The van der Waals surface area contributed by atoms with Crippen LogP contribution in [-0.2, 0) is 56.1 Å². The average molecular weight is 1160 g/mol. The molecule has 3 aromatic rings. The van der Waals surface area contributed by atoms with Gasteiger partial charge in [0.2, 0.25) is 53.2 Å². The van der Waals surface area contributed by atoms with Gasteiger partial charge in [0.05, 0.1) is 29.7 Å². The molecule has 1 saturated heterocycles. The van der Waals surface area contributed by atoms with Gasteiger partial charge in [-0.2, -0.15) is 0 Å². The maximum absolute atomic E-state index is 14.1. The van der Waals surface area contributed by atoms with Gasteiger partial charge in [0.1, 0.15) is 48.5 Å². The summed E-state index contributed by atoms with van der Waals surface area (Å²) in [6.07, 6.45) is 3.23. The third kappa shape index (κ3) is 21.1. The number of piperazine rings is 1. The lowest BCUT2D eigenvalue weighted by Crippen LogP contribution is -2.59. The Hall–Kier alpha value is -8.40. The topological polar surface area (TPSA) is 439 Å². The van der Waals surface area contributed by atoms with Gasteiger partial charge in [0.15, 0.2) is 5.96 Å². The molecule has 4 rings (SSSR count). The molecule has 1 aliphatic rings. The average Bonchev–Trinajstić information content (AvgIpc) is 3.36. The number of rotatable bonds is 32. The lowest BCUT2D eigenvalue weighted by molar-refractivity contribution is -0.137. The van der Waals surface area contributed by atoms with Gasteiger partial charge in [0.25, 0.3) is 5.56 Å². The van der Waals surface area contributed by atoms with Crippen LogP contribution < -0.4 is 75.9 Å². The van der Waals surface area contributed by atoms with Crippen molar-refractivity contribution in [3.8, 4) is 5.75 Å². The zero-order chi connectivity index (χ0) is 61.5. The predicted octanol–water partition coefficient (Wildman–Crippen LogP) is -2.64. The molecule has 0 radical (unpaired) electrons. The molecule has 83 heavy (non-hydrogen) atoms. The van der Waals surface area contributed by atoms with Crippen LogP contribution in [0.4, 0.5) is 5.69 Å². The van der Waals surface area contributed by atoms with Gasteiger partial charge in [0, 0.05) is 51.9 Å². The first-order chi connectivity index (χ1) is 39.3. The Kier molecular flexibility index (Phi) is 26.6. The van der Waals surface area contributed by atoms with Gasteiger partial charge in [-0.3, -0.25) is 57.9 Å². The molecule has 0 spiro atoms. The number of phenols is 1. The number of aromatic hydroxyl groups is 1. The first-order valence-electron chi connectivity index (χ1n) is 28.0. The van der Waals surface area contributed by atoms with Gasteiger partial charge in [-0.25, -0.2) is 4.98 Å². The quantitative estimate of drug-likeness (QED) is 0.0173. The van der Waals surface area contributed by atoms with Crippen molar-refractivity contribution in [3.05, 3.63) is 64.7 Å². The number of fused-ring (bicyclic) bond motifs is 1. The van der Waals surface area contributed by atoms with Crippen molar-refractivity contribution in [3.63, 3.8) is 0 Å². The monoisotopic (exact) mass is 1160 g/mol. The summed E-state index contributed by atoms with van der Waals surface area (Å²) in [4.78, 5) is 143. The fourth-order valence-electron chi connectivity index (χ4n) is 9.17. The third-order valence-corrected chi connectivity index (χ3v) is 14.2. The normalized spacial score (nSPS) is 15.2. The number of hydrogen-bond donors (Lipinski definition) is 14. The molecule has 0 bridgehead atoms. The highest BCUT2D eigenvalue weighted by Crippen LogP contribution is 2.22. The maximum Gasteiger partial charge on any atom is 0.261 e. The van der Waals surface area contributed by atoms with E-state index in [9.17, 15) is 53.1 Å². The van der Waals surface area contributed by atoms with Crippen LogP contribution in [0, 0.1) is 17.2 Å². The molecule has 0 saturated carbocycles. The molecule has 28 nitrogen and oxygen atoms in total. The number of amides is 9. The molecule has 18 N–H and O–H groups in total. The lowest BCUT2D eigenvalue weighted by atomic mass is 9.98. The molecule has 2 aromatic carbocycles. The van der Waals surface area contributed by atoms with Crippen molar-refractivity contribution in [1.29, 1.82) is 5.41 Å². The second kappa shape index (κ2) is 32.9. The van der Waals surface area contributed by atoms with E-state index < -0.39 is 102 Å². The molecule has 0 aliphatic carbocycles. The summed E-state index contributed by atoms with van der Waals surface area (Å²) in [5.74, 6) is -6.84. The smallest absolute Gasteiger partial charge is 0.261 e. The van der Waals surface area contributed by atoms with E-state index in [-0.39, 0.29) is 73.0 Å². The summed E-state index contributed by atoms with van der Waals surface area (Å²) in [6, 6.07) is 2.78. The highest BCUT2D eigenvalue weighted by atomic mass is 16.3. The van der Waals surface area contributed by atoms with E-state index in [1.165, 1.54) is 44.6 Å². The van der Waals surface area contributed by atoms with Crippen molar-refractivity contribution in [2.75, 3.05) is 51.2 Å². The van der Waals surface area contributed by atoms with E-state index in [1.807, 2.05) is 18.7 Å². The minimum Gasteiger partial charge on any atom is -0.508 e. The summed E-state index contributed by atoms with van der Waals surface area (Å²) < 4.78 is 1.09. The first kappa shape index (κ1) is 67.1. The van der Waals surface area contributed by atoms with Crippen molar-refractivity contribution in [2.45, 2.75) is 141 Å². The zero-order valence-electron chi connectivity index (χ0n) is 48.3. The van der Waals surface area contributed by atoms with Crippen LogP contribution in [0.15, 0.2) is 53.6 Å². The molecular formula is C55H85N17O11. The Labute approximate surface area is 482 Å². The largest absolute Gasteiger partial charge is 0.508 e. The van der Waals surface area contributed by atoms with Gasteiger partial charge >= 0.3 is 0 Å². The standard InChI is InChI=1S/C55H85N17O11/c1-7-32(4)46(58)52(81)66-40(11-8-9-19-56)54(83)71-23-21-70(22-24-71)35-15-18-38-37(27-35)53(82)72(30-63-38)29-45(75)65-39(12-10-20-62-55(59)60)49(78)64-33(5)47(76)67-42(26-34-13-16-36(73)17-14-34)51(80)68-41(25-31(2)3)50(79)69-43(28-44(57)74)48(77)61-6/h13-18,27,30-33,39-43,46,73H,7-12,19-26,28-29,56,58H2,1-6H3,(H2,57,74)(H,61,77)(H,64,78)(H,65,75)(H,66,81)(H,67,76)(H,68,80)(H,69,79)(H4,59,60,62)/t32-,33-,39-,40-,41-,42-,43-,46-/m0/s1. The Morgan fingerprint density at radius 1 is 0.723 bits per heavy atom. The zero-order valence-corrected chi connectivity index (χ0v) is 48.3. The van der Waals surface area contributed by atoms with E-state index >= 15 is 0 Å². The highest BCUT2D eigenvalue weighted by Gasteiger charge is 2.34. The highest BCUT2D eigenvalue weighted by molar-refractivity contribution is 5.97. The number of carbonyl (C=O) groups excluding carboxylic acids is 9. The molecule has 1 aliphatic heterocycles. The summed E-state index contributed by atoms with van der Waals surface area (Å²) in [5, 5.41) is 38.5. The molecule has 2 heterocycles. The van der Waals surface area contributed by atoms with E-state index in [1.54, 1.807) is 36.9 Å². The van der Waals surface area contributed by atoms with E-state index in [2.05, 4.69) is 47.5 Å². The predicted molar refractivity (Wildman–Crippen MR) is 311 cm³/mol. The number of benzene rings is 2. The molecular weight excluding hydrogens is 1070 g/mol. The molecule has 9 amide bonds. The summed E-state index contributed by atoms with van der Waals surface area (Å²) in [5.41, 5.74) is 23.7. The number of nitrogens with zero attached hydrogens (tertiary/aromatic N) is 4. The van der Waals surface area contributed by atoms with Crippen LogP contribution >= 0.6 is 0 Å². The van der Waals surface area contributed by atoms with Crippen LogP contribution in [0.1, 0.15) is 91.5 Å². The number of nitrogens with two attached hydrogens (primary N) is 4. The number of carbonyl (C=O) groups is 9. The SMILES string of the molecule is CC[C@H](C)[C@H](N)C(=O)N[C@@H](CCCCN)C(=O)N1CCN(c2ccc3ncn(CC(=O)N[C@@H](CCCNC(=N)N)C(=O)N[C@@H](C)C(=O)N[C@@H](Cc4ccc(O)cc4)C(=O)N[C@@H](CC(C)C)C(=O)N[C@@H](CC(N)=O)C(=O)NC)c(=O)c3c2)CC1. The van der Waals surface area contributed by atoms with Crippen molar-refractivity contribution in [1.82, 2.24) is 57.0 Å². The summed E-state index contributed by atoms with van der Waals surface area (Å²) in [6.45, 7) is 10.3. The van der Waals surface area contributed by atoms with Crippen LogP contribution in [-0.4, -0.2) is 167 Å². The van der Waals surface area contributed by atoms with E-state index in [4.69, 9.17) is 28.3 Å². The van der Waals surface area contributed by atoms with Gasteiger partial charge in [-0.1, -0.05) is 46.2 Å². The van der Waals surface area contributed by atoms with E-state index in [0.717, 1.165) is 4.57 Å². The fraction of sp³-hybridized carbons (Fsp3) is 0.564. The van der Waals surface area contributed by atoms with E-state index in [0.29, 0.717) is 75.2 Å². The second-order valence-corrected chi connectivity index (χ2v) is 21.2. The number of unbranched alkanes of at least 4 members (excludes halogenated alkanes) is 1. The molecule has 28 heteroatoms. The van der Waals surface area contributed by atoms with Gasteiger partial charge in [-0.05, 0) is 99.7 Å². The third-order valence-electron chi connectivity index (χ3n) is 14.2. The number of likely N-dealkylation sites (N-methyl/N-ethyl adjacent to an activating group) is 1. The summed E-state index contributed by atoms with van der Waals surface area (Å²) >= 11 is 0. The lowest BCUT2D eigenvalue weighted by Gasteiger charge is -2.38. The number of nitrogens with one attached hydrogen (secondary N) is 9. The maximum atomic E-state index is 14.1. The Balaban J connectivity index is 1.49. The molecule has 0 unspecified atom stereocenters. The van der Waals surface area contributed by atoms with Crippen LogP contribution in [0.25, 0.3) is 10.9 Å². The molecule has 1 aromatic heterocycles. The number of guanidine groups is 1. The van der Waals surface area contributed by atoms with Crippen LogP contribution in [0.2, 0.25) is 0 Å². The fourth-order valence-corrected chi connectivity index (χ4v) is 9.17. The molecule has 456 valence electrons. The van der Waals surface area contributed by atoms with Crippen molar-refractivity contribution < 1.29 is 48.3 Å². The summed E-state index contributed by atoms with van der Waals surface area (Å²) in [7, 11) is 1.31. The first-order valence-corrected chi connectivity index (χ1v) is 28.0. The molecule has 8 atom stereocenters. The number of phenolic OH excluding ortho intramolecular Hbond substituents is 1. The van der Waals surface area contributed by atoms with Crippen LogP contribution in [0.3, 0.4) is 0 Å². The number of anilines is 1. The Bertz CT molecular complexity index is 2810. The Morgan fingerprint density at radius 3 is 1.95 bits per heavy atom. The second-order valence-electron chi connectivity index (χ2n) is 21.2.